The van der Waals surface area contributed by atoms with Crippen molar-refractivity contribution in [2.24, 2.45) is 0 Å². The van der Waals surface area contributed by atoms with Crippen LogP contribution in [0.25, 0.3) is 0 Å². The number of benzene rings is 1. The number of rotatable bonds is 4. The van der Waals surface area contributed by atoms with Crippen molar-refractivity contribution in [2.75, 3.05) is 17.2 Å². The highest BCUT2D eigenvalue weighted by atomic mass is 35.5. The highest BCUT2D eigenvalue weighted by Gasteiger charge is 2.28. The molecule has 0 aromatic heterocycles. The van der Waals surface area contributed by atoms with E-state index in [9.17, 15) is 0 Å². The van der Waals surface area contributed by atoms with Crippen LogP contribution in [0.1, 0.15) is 32.3 Å². The Morgan fingerprint density at radius 2 is 2.15 bits per heavy atom. The van der Waals surface area contributed by atoms with Gasteiger partial charge in [0.25, 0.3) is 0 Å². The predicted octanol–water partition coefficient (Wildman–Crippen LogP) is 3.92. The van der Waals surface area contributed by atoms with E-state index in [1.807, 2.05) is 6.07 Å². The van der Waals surface area contributed by atoms with Crippen LogP contribution in [-0.2, 0) is 6.54 Å². The summed E-state index contributed by atoms with van der Waals surface area (Å²) in [6.07, 6.45) is 2.63. The summed E-state index contributed by atoms with van der Waals surface area (Å²) < 4.78 is 0. The van der Waals surface area contributed by atoms with Gasteiger partial charge < -0.3 is 10.2 Å². The molecule has 1 aromatic carbocycles. The minimum absolute atomic E-state index is 0.562. The number of halogens is 1. The van der Waals surface area contributed by atoms with Gasteiger partial charge in [-0.05, 0) is 31.9 Å². The number of hydrogen-bond acceptors (Lipinski definition) is 3. The van der Waals surface area contributed by atoms with Crippen LogP contribution in [0.4, 0.5) is 5.69 Å². The van der Waals surface area contributed by atoms with Gasteiger partial charge in [0, 0.05) is 52.4 Å². The lowest BCUT2D eigenvalue weighted by molar-refractivity contribution is 0.619. The Morgan fingerprint density at radius 1 is 1.35 bits per heavy atom. The molecular formula is C16H23ClN2S. The number of hydrogen-bond donors (Lipinski definition) is 1. The largest absolute Gasteiger partial charge is 0.367 e. The van der Waals surface area contributed by atoms with Gasteiger partial charge in [-0.15, -0.1) is 0 Å². The van der Waals surface area contributed by atoms with Crippen LogP contribution < -0.4 is 10.2 Å². The van der Waals surface area contributed by atoms with Crippen LogP contribution in [0.15, 0.2) is 18.2 Å². The summed E-state index contributed by atoms with van der Waals surface area (Å²) in [5.74, 6) is 1.20. The van der Waals surface area contributed by atoms with E-state index < -0.39 is 0 Å². The summed E-state index contributed by atoms with van der Waals surface area (Å²) in [6, 6.07) is 7.60. The van der Waals surface area contributed by atoms with E-state index in [1.54, 1.807) is 0 Å². The van der Waals surface area contributed by atoms with Gasteiger partial charge in [-0.3, -0.25) is 0 Å². The van der Waals surface area contributed by atoms with Gasteiger partial charge >= 0.3 is 0 Å². The zero-order chi connectivity index (χ0) is 14.1. The summed E-state index contributed by atoms with van der Waals surface area (Å²) in [5, 5.41) is 5.17. The monoisotopic (exact) mass is 310 g/mol. The van der Waals surface area contributed by atoms with Gasteiger partial charge in [0.15, 0.2) is 0 Å². The van der Waals surface area contributed by atoms with E-state index in [4.69, 9.17) is 11.6 Å². The highest BCUT2D eigenvalue weighted by Crippen LogP contribution is 2.34. The number of thioether (sulfide) groups is 1. The molecular weight excluding hydrogens is 288 g/mol. The Balaban J connectivity index is 1.84. The van der Waals surface area contributed by atoms with Crippen molar-refractivity contribution in [1.82, 2.24) is 5.32 Å². The van der Waals surface area contributed by atoms with Gasteiger partial charge in [0.1, 0.15) is 0 Å². The van der Waals surface area contributed by atoms with Crippen molar-refractivity contribution >= 4 is 29.1 Å². The molecule has 1 aliphatic carbocycles. The fraction of sp³-hybridized carbons (Fsp3) is 0.625. The Labute approximate surface area is 131 Å². The van der Waals surface area contributed by atoms with E-state index in [0.29, 0.717) is 17.3 Å². The van der Waals surface area contributed by atoms with E-state index in [-0.39, 0.29) is 0 Å². The first-order valence-corrected chi connectivity index (χ1v) is 8.98. The maximum Gasteiger partial charge on any atom is 0.0471 e. The molecule has 3 rings (SSSR count). The first-order chi connectivity index (χ1) is 9.66. The third kappa shape index (κ3) is 3.10. The average molecular weight is 311 g/mol. The molecule has 2 fully saturated rings. The standard InChI is InChI=1S/C16H23ClN2S/c1-11-12(2)20-9-8-19(11)16-5-3-4-15(17)14(16)10-18-13-6-7-13/h3-5,11-13,18H,6-10H2,1-2H3. The van der Waals surface area contributed by atoms with Gasteiger partial charge in [-0.2, -0.15) is 11.8 Å². The molecule has 1 N–H and O–H groups in total. The summed E-state index contributed by atoms with van der Waals surface area (Å²) in [5.41, 5.74) is 2.59. The molecule has 2 aliphatic rings. The maximum absolute atomic E-state index is 6.46. The number of nitrogens with one attached hydrogen (secondary N) is 1. The lowest BCUT2D eigenvalue weighted by Gasteiger charge is -2.40. The first kappa shape index (κ1) is 14.6. The second kappa shape index (κ2) is 6.17. The lowest BCUT2D eigenvalue weighted by atomic mass is 10.1. The zero-order valence-corrected chi connectivity index (χ0v) is 13.8. The quantitative estimate of drug-likeness (QED) is 0.907. The molecule has 2 atom stereocenters. The van der Waals surface area contributed by atoms with Gasteiger partial charge in [0.2, 0.25) is 0 Å². The van der Waals surface area contributed by atoms with Gasteiger partial charge in [-0.25, -0.2) is 0 Å². The molecule has 1 aliphatic heterocycles. The Bertz CT molecular complexity index is 476. The third-order valence-corrected chi connectivity index (χ3v) is 6.12. The fourth-order valence-electron chi connectivity index (χ4n) is 2.80. The van der Waals surface area contributed by atoms with Crippen LogP contribution >= 0.6 is 23.4 Å². The zero-order valence-electron chi connectivity index (χ0n) is 12.2. The average Bonchev–Trinajstić information content (AvgIpc) is 3.25. The van der Waals surface area contributed by atoms with Crippen molar-refractivity contribution in [2.45, 2.75) is 50.6 Å². The second-order valence-electron chi connectivity index (χ2n) is 5.90. The molecule has 1 saturated carbocycles. The topological polar surface area (TPSA) is 15.3 Å². The Kier molecular flexibility index (Phi) is 4.49. The Hall–Kier alpha value is -0.380. The van der Waals surface area contributed by atoms with Crippen LogP contribution in [0, 0.1) is 0 Å². The molecule has 20 heavy (non-hydrogen) atoms. The first-order valence-electron chi connectivity index (χ1n) is 7.56. The van der Waals surface area contributed by atoms with E-state index in [0.717, 1.165) is 18.1 Å². The molecule has 4 heteroatoms. The molecule has 0 radical (unpaired) electrons. The van der Waals surface area contributed by atoms with Crippen molar-refractivity contribution in [3.05, 3.63) is 28.8 Å². The molecule has 0 spiro atoms. The molecule has 2 nitrogen and oxygen atoms in total. The summed E-state index contributed by atoms with van der Waals surface area (Å²) in [7, 11) is 0. The summed E-state index contributed by atoms with van der Waals surface area (Å²) in [6.45, 7) is 6.67. The van der Waals surface area contributed by atoms with E-state index >= 15 is 0 Å². The number of nitrogens with zero attached hydrogens (tertiary/aromatic N) is 1. The van der Waals surface area contributed by atoms with Crippen molar-refractivity contribution in [1.29, 1.82) is 0 Å². The molecule has 0 bridgehead atoms. The van der Waals surface area contributed by atoms with E-state index in [2.05, 4.69) is 48.0 Å². The maximum atomic E-state index is 6.46. The number of anilines is 1. The molecule has 1 aromatic rings. The SMILES string of the molecule is CC1SCCN(c2cccc(Cl)c2CNC2CC2)C1C. The van der Waals surface area contributed by atoms with Crippen molar-refractivity contribution in [3.8, 4) is 0 Å². The van der Waals surface area contributed by atoms with Crippen LogP contribution in [0.3, 0.4) is 0 Å². The van der Waals surface area contributed by atoms with Crippen LogP contribution in [0.5, 0.6) is 0 Å². The molecule has 2 unspecified atom stereocenters. The molecule has 0 amide bonds. The Morgan fingerprint density at radius 3 is 2.90 bits per heavy atom. The second-order valence-corrected chi connectivity index (χ2v) is 7.79. The third-order valence-electron chi connectivity index (χ3n) is 4.43. The molecule has 1 saturated heterocycles. The minimum atomic E-state index is 0.562. The normalized spacial score (nSPS) is 26.9. The van der Waals surface area contributed by atoms with Gasteiger partial charge in [-0.1, -0.05) is 24.6 Å². The highest BCUT2D eigenvalue weighted by molar-refractivity contribution is 8.00. The van der Waals surface area contributed by atoms with Crippen LogP contribution in [0.2, 0.25) is 5.02 Å². The van der Waals surface area contributed by atoms with E-state index in [1.165, 1.54) is 29.8 Å². The van der Waals surface area contributed by atoms with Crippen molar-refractivity contribution in [3.63, 3.8) is 0 Å². The van der Waals surface area contributed by atoms with Crippen LogP contribution in [-0.4, -0.2) is 29.6 Å². The van der Waals surface area contributed by atoms with Gasteiger partial charge in [0.05, 0.1) is 0 Å². The smallest absolute Gasteiger partial charge is 0.0471 e. The summed E-state index contributed by atoms with van der Waals surface area (Å²) in [4.78, 5) is 2.54. The summed E-state index contributed by atoms with van der Waals surface area (Å²) >= 11 is 8.54. The predicted molar refractivity (Wildman–Crippen MR) is 90.0 cm³/mol. The lowest BCUT2D eigenvalue weighted by Crippen LogP contribution is -2.45. The minimum Gasteiger partial charge on any atom is -0.367 e. The molecule has 110 valence electrons. The fourth-order valence-corrected chi connectivity index (χ4v) is 4.13. The molecule has 1 heterocycles. The van der Waals surface area contributed by atoms with Crippen molar-refractivity contribution < 1.29 is 0 Å².